The Morgan fingerprint density at radius 1 is 1.17 bits per heavy atom. The van der Waals surface area contributed by atoms with Crippen LogP contribution in [0.15, 0.2) is 48.9 Å². The number of benzene rings is 1. The molecule has 3 heterocycles. The lowest BCUT2D eigenvalue weighted by atomic mass is 9.99. The number of pyridine rings is 1. The monoisotopic (exact) mass is 400 g/mol. The van der Waals surface area contributed by atoms with E-state index >= 15 is 0 Å². The number of hydrogen-bond acceptors (Lipinski definition) is 5. The van der Waals surface area contributed by atoms with E-state index in [1.54, 1.807) is 6.20 Å². The van der Waals surface area contributed by atoms with Crippen molar-refractivity contribution >= 4 is 16.7 Å². The van der Waals surface area contributed by atoms with Gasteiger partial charge < -0.3 is 0 Å². The van der Waals surface area contributed by atoms with Gasteiger partial charge >= 0.3 is 0 Å². The normalized spacial score (nSPS) is 18.8. The molecule has 0 spiro atoms. The van der Waals surface area contributed by atoms with Crippen molar-refractivity contribution < 1.29 is 4.79 Å². The second kappa shape index (κ2) is 7.82. The van der Waals surface area contributed by atoms with Crippen molar-refractivity contribution in [2.45, 2.75) is 45.1 Å². The van der Waals surface area contributed by atoms with E-state index in [0.29, 0.717) is 24.5 Å². The molecule has 1 N–H and O–H groups in total. The molecule has 7 nitrogen and oxygen atoms in total. The number of rotatable bonds is 6. The highest BCUT2D eigenvalue weighted by Crippen LogP contribution is 2.38. The van der Waals surface area contributed by atoms with Gasteiger partial charge in [0.1, 0.15) is 5.78 Å². The molecule has 3 aromatic heterocycles. The number of fused-ring (bicyclic) bond motifs is 1. The lowest BCUT2D eigenvalue weighted by molar-refractivity contribution is -0.119. The van der Waals surface area contributed by atoms with Crippen LogP contribution in [0.3, 0.4) is 0 Å². The van der Waals surface area contributed by atoms with Crippen molar-refractivity contribution in [1.82, 2.24) is 30.2 Å². The van der Waals surface area contributed by atoms with Crippen LogP contribution in [0, 0.1) is 5.92 Å². The summed E-state index contributed by atoms with van der Waals surface area (Å²) in [7, 11) is 0. The molecule has 1 fully saturated rings. The summed E-state index contributed by atoms with van der Waals surface area (Å²) >= 11 is 0. The number of carbonyl (C=O) groups excluding carboxylic acids is 1. The smallest absolute Gasteiger partial charge is 0.132 e. The molecule has 0 bridgehead atoms. The van der Waals surface area contributed by atoms with Crippen molar-refractivity contribution in [1.29, 1.82) is 0 Å². The fourth-order valence-electron chi connectivity index (χ4n) is 4.54. The van der Waals surface area contributed by atoms with E-state index in [-0.39, 0.29) is 6.04 Å². The Bertz CT molecular complexity index is 1180. The quantitative estimate of drug-likeness (QED) is 0.511. The summed E-state index contributed by atoms with van der Waals surface area (Å²) < 4.78 is 2.02. The molecule has 1 saturated carbocycles. The van der Waals surface area contributed by atoms with E-state index in [2.05, 4.69) is 32.6 Å². The van der Waals surface area contributed by atoms with E-state index < -0.39 is 0 Å². The van der Waals surface area contributed by atoms with Crippen molar-refractivity contribution in [2.24, 2.45) is 5.92 Å². The molecule has 152 valence electrons. The van der Waals surface area contributed by atoms with E-state index in [4.69, 9.17) is 4.98 Å². The van der Waals surface area contributed by atoms with Crippen LogP contribution in [-0.4, -0.2) is 36.0 Å². The molecule has 1 aromatic carbocycles. The summed E-state index contributed by atoms with van der Waals surface area (Å²) in [6.45, 7) is 1.94. The van der Waals surface area contributed by atoms with Gasteiger partial charge in [0.05, 0.1) is 35.3 Å². The van der Waals surface area contributed by atoms with E-state index in [9.17, 15) is 4.79 Å². The second-order valence-corrected chi connectivity index (χ2v) is 8.06. The van der Waals surface area contributed by atoms with Crippen LogP contribution in [-0.2, 0) is 4.79 Å². The Morgan fingerprint density at radius 2 is 2.10 bits per heavy atom. The van der Waals surface area contributed by atoms with Crippen molar-refractivity contribution in [2.75, 3.05) is 0 Å². The van der Waals surface area contributed by atoms with E-state index in [0.717, 1.165) is 52.7 Å². The van der Waals surface area contributed by atoms with E-state index in [1.165, 1.54) is 0 Å². The van der Waals surface area contributed by atoms with Crippen molar-refractivity contribution in [3.05, 3.63) is 48.9 Å². The number of Topliss-reactive ketones (excluding diaryl/α,β-unsaturated/α-hetero) is 1. The number of carbonyl (C=O) groups is 1. The third-order valence-corrected chi connectivity index (χ3v) is 6.16. The first-order valence-electron chi connectivity index (χ1n) is 10.5. The molecule has 5 rings (SSSR count). The Labute approximate surface area is 174 Å². The van der Waals surface area contributed by atoms with Gasteiger partial charge in [-0.2, -0.15) is 5.10 Å². The van der Waals surface area contributed by atoms with Crippen molar-refractivity contribution in [3.63, 3.8) is 0 Å². The average Bonchev–Trinajstić information content (AvgIpc) is 3.53. The predicted molar refractivity (Wildman–Crippen MR) is 115 cm³/mol. The number of nitrogens with one attached hydrogen (secondary N) is 1. The van der Waals surface area contributed by atoms with Crippen molar-refractivity contribution in [3.8, 4) is 22.5 Å². The molecule has 7 heteroatoms. The number of hydrogen-bond donors (Lipinski definition) is 1. The van der Waals surface area contributed by atoms with E-state index in [1.807, 2.05) is 42.2 Å². The first-order valence-corrected chi connectivity index (χ1v) is 10.5. The molecule has 1 aliphatic carbocycles. The molecule has 30 heavy (non-hydrogen) atoms. The summed E-state index contributed by atoms with van der Waals surface area (Å²) in [5.74, 6) is 0.808. The Balaban J connectivity index is 1.38. The van der Waals surface area contributed by atoms with Crippen LogP contribution >= 0.6 is 0 Å². The summed E-state index contributed by atoms with van der Waals surface area (Å²) in [5.41, 5.74) is 4.93. The summed E-state index contributed by atoms with van der Waals surface area (Å²) in [6.07, 6.45) is 9.92. The first-order chi connectivity index (χ1) is 14.7. The number of aromatic nitrogens is 6. The van der Waals surface area contributed by atoms with Gasteiger partial charge in [0.25, 0.3) is 0 Å². The lowest BCUT2D eigenvalue weighted by Crippen LogP contribution is -2.10. The number of aromatic amines is 1. The van der Waals surface area contributed by atoms with Gasteiger partial charge in [0.15, 0.2) is 0 Å². The maximum atomic E-state index is 11.8. The van der Waals surface area contributed by atoms with Crippen LogP contribution in [0.4, 0.5) is 0 Å². The molecule has 0 radical (unpaired) electrons. The molecular formula is C23H24N6O. The average molecular weight is 400 g/mol. The van der Waals surface area contributed by atoms with Gasteiger partial charge in [-0.3, -0.25) is 14.9 Å². The molecular weight excluding hydrogens is 376 g/mol. The zero-order valence-corrected chi connectivity index (χ0v) is 17.0. The fourth-order valence-corrected chi connectivity index (χ4v) is 4.54. The van der Waals surface area contributed by atoms with Gasteiger partial charge in [-0.1, -0.05) is 24.3 Å². The summed E-state index contributed by atoms with van der Waals surface area (Å²) in [4.78, 5) is 16.5. The minimum atomic E-state index is 0.288. The van der Waals surface area contributed by atoms with Gasteiger partial charge in [-0.25, -0.2) is 4.68 Å². The molecule has 4 aromatic rings. The van der Waals surface area contributed by atoms with Gasteiger partial charge in [-0.15, -0.1) is 5.10 Å². The lowest BCUT2D eigenvalue weighted by Gasteiger charge is -2.14. The van der Waals surface area contributed by atoms with Gasteiger partial charge in [0, 0.05) is 35.6 Å². The second-order valence-electron chi connectivity index (χ2n) is 8.06. The molecule has 1 aliphatic rings. The fraction of sp³-hybridized carbons (Fsp3) is 0.348. The standard InChI is InChI=1S/C23H24N6O/c1-2-18(30)11-15-6-8-17(10-15)29-23(14-26-28-29)16-7-9-21(24-12-16)19-4-3-5-22-20(19)13-25-27-22/h3-5,7,9,12-15,17H,2,6,8,10-11H2,1H3,(H,25,27)/t15-,17+/m0/s1. The number of nitrogens with zero attached hydrogens (tertiary/aromatic N) is 5. The van der Waals surface area contributed by atoms with Crippen LogP contribution < -0.4 is 0 Å². The topological polar surface area (TPSA) is 89.4 Å². The highest BCUT2D eigenvalue weighted by molar-refractivity contribution is 5.93. The largest absolute Gasteiger partial charge is 0.300 e. The summed E-state index contributed by atoms with van der Waals surface area (Å²) in [6, 6.07) is 10.5. The van der Waals surface area contributed by atoms with Crippen LogP contribution in [0.1, 0.15) is 45.1 Å². The molecule has 0 unspecified atom stereocenters. The molecule has 0 saturated heterocycles. The highest BCUT2D eigenvalue weighted by Gasteiger charge is 2.29. The first kappa shape index (κ1) is 18.7. The number of ketones is 1. The van der Waals surface area contributed by atoms with Crippen LogP contribution in [0.5, 0.6) is 0 Å². The SMILES string of the molecule is CCC(=O)C[C@H]1CC[C@@H](n2nncc2-c2ccc(-c3cccc4[nH]ncc34)nc2)C1. The zero-order chi connectivity index (χ0) is 20.5. The van der Waals surface area contributed by atoms with Crippen LogP contribution in [0.25, 0.3) is 33.4 Å². The Kier molecular flexibility index (Phi) is 4.86. The third kappa shape index (κ3) is 3.40. The highest BCUT2D eigenvalue weighted by atomic mass is 16.1. The zero-order valence-electron chi connectivity index (χ0n) is 17.0. The third-order valence-electron chi connectivity index (χ3n) is 6.16. The predicted octanol–water partition coefficient (Wildman–Crippen LogP) is 4.59. The summed E-state index contributed by atoms with van der Waals surface area (Å²) in [5, 5.41) is 16.7. The Morgan fingerprint density at radius 3 is 2.93 bits per heavy atom. The minimum Gasteiger partial charge on any atom is -0.300 e. The van der Waals surface area contributed by atoms with Gasteiger partial charge in [0.2, 0.25) is 0 Å². The molecule has 0 amide bonds. The maximum absolute atomic E-state index is 11.8. The van der Waals surface area contributed by atoms with Crippen LogP contribution in [0.2, 0.25) is 0 Å². The maximum Gasteiger partial charge on any atom is 0.132 e. The minimum absolute atomic E-state index is 0.288. The molecule has 2 atom stereocenters. The molecule has 0 aliphatic heterocycles. The Hall–Kier alpha value is -3.35. The number of H-pyrrole nitrogens is 1. The van der Waals surface area contributed by atoms with Gasteiger partial charge in [-0.05, 0) is 43.4 Å².